The maximum atomic E-state index is 12.4. The number of hydrogen-bond acceptors (Lipinski definition) is 4. The molecular formula is C18H23N5O2. The van der Waals surface area contributed by atoms with Crippen molar-refractivity contribution < 1.29 is 9.59 Å². The van der Waals surface area contributed by atoms with E-state index in [0.29, 0.717) is 32.7 Å². The van der Waals surface area contributed by atoms with Gasteiger partial charge in [0.1, 0.15) is 6.04 Å². The lowest BCUT2D eigenvalue weighted by Crippen LogP contribution is -2.43. The van der Waals surface area contributed by atoms with E-state index in [0.717, 1.165) is 18.5 Å². The average molecular weight is 341 g/mol. The molecule has 2 aliphatic heterocycles. The second-order valence-electron chi connectivity index (χ2n) is 6.31. The predicted octanol–water partition coefficient (Wildman–Crippen LogP) is 1.03. The lowest BCUT2D eigenvalue weighted by Gasteiger charge is -2.21. The number of benzene rings is 1. The van der Waals surface area contributed by atoms with Crippen molar-refractivity contribution in [2.45, 2.75) is 18.9 Å². The van der Waals surface area contributed by atoms with E-state index in [1.807, 2.05) is 30.3 Å². The van der Waals surface area contributed by atoms with Gasteiger partial charge in [-0.1, -0.05) is 18.2 Å². The lowest BCUT2D eigenvalue weighted by molar-refractivity contribution is -0.130. The van der Waals surface area contributed by atoms with Gasteiger partial charge in [0.25, 0.3) is 0 Å². The Hall–Kier alpha value is -2.59. The fraction of sp³-hybridized carbons (Fsp3) is 0.500. The van der Waals surface area contributed by atoms with E-state index in [4.69, 9.17) is 5.26 Å². The fourth-order valence-electron chi connectivity index (χ4n) is 3.35. The summed E-state index contributed by atoms with van der Waals surface area (Å²) in [5.74, 6) is -0.0392. The van der Waals surface area contributed by atoms with Gasteiger partial charge in [-0.15, -0.1) is 0 Å². The van der Waals surface area contributed by atoms with Gasteiger partial charge < -0.3 is 15.1 Å². The molecule has 0 spiro atoms. The zero-order valence-corrected chi connectivity index (χ0v) is 14.2. The number of hydrogen-bond donors (Lipinski definition) is 1. The van der Waals surface area contributed by atoms with Gasteiger partial charge >= 0.3 is 6.03 Å². The van der Waals surface area contributed by atoms with Crippen LogP contribution in [-0.2, 0) is 4.79 Å². The van der Waals surface area contributed by atoms with Crippen molar-refractivity contribution >= 4 is 17.6 Å². The molecule has 0 aliphatic carbocycles. The molecule has 25 heavy (non-hydrogen) atoms. The minimum absolute atomic E-state index is 0.00316. The molecule has 1 aromatic carbocycles. The molecule has 1 atom stereocenters. The van der Waals surface area contributed by atoms with Gasteiger partial charge in [0.2, 0.25) is 5.91 Å². The molecule has 3 amide bonds. The molecule has 0 aromatic heterocycles. The van der Waals surface area contributed by atoms with Crippen molar-refractivity contribution in [3.63, 3.8) is 0 Å². The standard InChI is InChI=1S/C18H23N5O2/c19-13-16-7-4-9-22(16)17(24)14-20-8-10-21-11-12-23(18(21)25)15-5-2-1-3-6-15/h1-3,5-6,16,20H,4,7-12,14H2/t16-/m1/s1. The van der Waals surface area contributed by atoms with Gasteiger partial charge in [0, 0.05) is 38.4 Å². The van der Waals surface area contributed by atoms with E-state index in [9.17, 15) is 9.59 Å². The molecule has 7 heteroatoms. The summed E-state index contributed by atoms with van der Waals surface area (Å²) in [6.07, 6.45) is 1.65. The molecule has 2 heterocycles. The summed E-state index contributed by atoms with van der Waals surface area (Å²) < 4.78 is 0. The quantitative estimate of drug-likeness (QED) is 0.784. The number of likely N-dealkylation sites (tertiary alicyclic amines) is 1. The summed E-state index contributed by atoms with van der Waals surface area (Å²) in [7, 11) is 0. The maximum Gasteiger partial charge on any atom is 0.324 e. The van der Waals surface area contributed by atoms with Crippen LogP contribution < -0.4 is 10.2 Å². The third-order valence-corrected chi connectivity index (χ3v) is 4.72. The molecule has 1 aromatic rings. The second-order valence-corrected chi connectivity index (χ2v) is 6.31. The molecule has 7 nitrogen and oxygen atoms in total. The van der Waals surface area contributed by atoms with Crippen LogP contribution in [0.4, 0.5) is 10.5 Å². The normalized spacial score (nSPS) is 20.2. The first kappa shape index (κ1) is 17.2. The smallest absolute Gasteiger partial charge is 0.324 e. The summed E-state index contributed by atoms with van der Waals surface area (Å²) in [4.78, 5) is 29.8. The van der Waals surface area contributed by atoms with Crippen LogP contribution in [0.3, 0.4) is 0 Å². The molecule has 1 N–H and O–H groups in total. The molecule has 0 saturated carbocycles. The number of rotatable bonds is 6. The minimum Gasteiger partial charge on any atom is -0.326 e. The summed E-state index contributed by atoms with van der Waals surface area (Å²) in [5, 5.41) is 12.1. The van der Waals surface area contributed by atoms with Crippen LogP contribution in [0.25, 0.3) is 0 Å². The van der Waals surface area contributed by atoms with Gasteiger partial charge in [-0.05, 0) is 25.0 Å². The Kier molecular flexibility index (Phi) is 5.51. The maximum absolute atomic E-state index is 12.4. The van der Waals surface area contributed by atoms with Gasteiger partial charge in [-0.2, -0.15) is 5.26 Å². The number of carbonyl (C=O) groups excluding carboxylic acids is 2. The van der Waals surface area contributed by atoms with Gasteiger partial charge in [0.15, 0.2) is 0 Å². The number of nitrogens with zero attached hydrogens (tertiary/aromatic N) is 4. The van der Waals surface area contributed by atoms with Crippen molar-refractivity contribution in [3.05, 3.63) is 30.3 Å². The van der Waals surface area contributed by atoms with E-state index in [2.05, 4.69) is 11.4 Å². The number of amides is 3. The molecular weight excluding hydrogens is 318 g/mol. The number of nitrogens with one attached hydrogen (secondary N) is 1. The highest BCUT2D eigenvalue weighted by atomic mass is 16.2. The number of para-hydroxylation sites is 1. The van der Waals surface area contributed by atoms with Crippen molar-refractivity contribution in [3.8, 4) is 6.07 Å². The van der Waals surface area contributed by atoms with Crippen LogP contribution in [0, 0.1) is 11.3 Å². The van der Waals surface area contributed by atoms with Gasteiger partial charge in [-0.3, -0.25) is 9.69 Å². The summed E-state index contributed by atoms with van der Waals surface area (Å²) in [6, 6.07) is 11.5. The van der Waals surface area contributed by atoms with Crippen LogP contribution >= 0.6 is 0 Å². The summed E-state index contributed by atoms with van der Waals surface area (Å²) in [5.41, 5.74) is 0.912. The minimum atomic E-state index is -0.283. The Morgan fingerprint density at radius 1 is 1.24 bits per heavy atom. The highest BCUT2D eigenvalue weighted by molar-refractivity contribution is 5.94. The summed E-state index contributed by atoms with van der Waals surface area (Å²) in [6.45, 7) is 3.37. The topological polar surface area (TPSA) is 79.7 Å². The zero-order chi connectivity index (χ0) is 17.6. The van der Waals surface area contributed by atoms with Crippen LogP contribution in [-0.4, -0.2) is 67.0 Å². The second kappa shape index (κ2) is 7.99. The van der Waals surface area contributed by atoms with Crippen molar-refractivity contribution in [1.29, 1.82) is 5.26 Å². The zero-order valence-electron chi connectivity index (χ0n) is 14.2. The first-order chi connectivity index (χ1) is 12.2. The van der Waals surface area contributed by atoms with E-state index in [1.54, 1.807) is 14.7 Å². The molecule has 0 radical (unpaired) electrons. The molecule has 3 rings (SSSR count). The van der Waals surface area contributed by atoms with Crippen LogP contribution in [0.15, 0.2) is 30.3 Å². The predicted molar refractivity (Wildman–Crippen MR) is 94.0 cm³/mol. The third-order valence-electron chi connectivity index (χ3n) is 4.72. The van der Waals surface area contributed by atoms with Crippen LogP contribution in [0.5, 0.6) is 0 Å². The molecule has 132 valence electrons. The Balaban J connectivity index is 1.40. The number of urea groups is 1. The van der Waals surface area contributed by atoms with Crippen LogP contribution in [0.1, 0.15) is 12.8 Å². The highest BCUT2D eigenvalue weighted by Crippen LogP contribution is 2.19. The Bertz CT molecular complexity index is 657. The molecule has 2 aliphatic rings. The van der Waals surface area contributed by atoms with E-state index < -0.39 is 0 Å². The third kappa shape index (κ3) is 3.91. The first-order valence-electron chi connectivity index (χ1n) is 8.72. The largest absolute Gasteiger partial charge is 0.326 e. The fourth-order valence-corrected chi connectivity index (χ4v) is 3.35. The Morgan fingerprint density at radius 3 is 2.80 bits per heavy atom. The first-order valence-corrected chi connectivity index (χ1v) is 8.72. The number of anilines is 1. The SMILES string of the molecule is N#C[C@H]1CCCN1C(=O)CNCCN1CCN(c2ccccc2)C1=O. The van der Waals surface area contributed by atoms with Gasteiger partial charge in [0.05, 0.1) is 12.6 Å². The Morgan fingerprint density at radius 2 is 2.04 bits per heavy atom. The summed E-state index contributed by atoms with van der Waals surface area (Å²) >= 11 is 0. The monoisotopic (exact) mass is 341 g/mol. The number of nitriles is 1. The van der Waals surface area contributed by atoms with E-state index in [1.165, 1.54) is 0 Å². The lowest BCUT2D eigenvalue weighted by atomic mass is 10.2. The average Bonchev–Trinajstić information content (AvgIpc) is 3.26. The Labute approximate surface area is 147 Å². The van der Waals surface area contributed by atoms with Crippen molar-refractivity contribution in [2.75, 3.05) is 44.2 Å². The molecule has 0 bridgehead atoms. The number of carbonyl (C=O) groups is 2. The van der Waals surface area contributed by atoms with E-state index >= 15 is 0 Å². The van der Waals surface area contributed by atoms with Crippen molar-refractivity contribution in [2.24, 2.45) is 0 Å². The van der Waals surface area contributed by atoms with Crippen LogP contribution in [0.2, 0.25) is 0 Å². The molecule has 2 saturated heterocycles. The molecule has 0 unspecified atom stereocenters. The highest BCUT2D eigenvalue weighted by Gasteiger charge is 2.30. The van der Waals surface area contributed by atoms with Crippen molar-refractivity contribution in [1.82, 2.24) is 15.1 Å². The molecule has 2 fully saturated rings. The van der Waals surface area contributed by atoms with Gasteiger partial charge in [-0.25, -0.2) is 4.79 Å². The van der Waals surface area contributed by atoms with E-state index in [-0.39, 0.29) is 24.5 Å².